The molecule has 0 radical (unpaired) electrons. The molecule has 6 nitrogen and oxygen atoms in total. The van der Waals surface area contributed by atoms with E-state index in [9.17, 15) is 4.79 Å². The molecule has 28 heavy (non-hydrogen) atoms. The van der Waals surface area contributed by atoms with Crippen LogP contribution in [0.25, 0.3) is 11.4 Å². The van der Waals surface area contributed by atoms with E-state index >= 15 is 0 Å². The highest BCUT2D eigenvalue weighted by atomic mass is 35.5. The van der Waals surface area contributed by atoms with E-state index in [0.717, 1.165) is 17.7 Å². The highest BCUT2D eigenvalue weighted by Crippen LogP contribution is 2.22. The second-order valence-corrected chi connectivity index (χ2v) is 6.64. The highest BCUT2D eigenvalue weighted by Gasteiger charge is 2.12. The molecule has 2 aromatic carbocycles. The van der Waals surface area contributed by atoms with Crippen molar-refractivity contribution in [2.45, 2.75) is 39.2 Å². The molecule has 0 aliphatic rings. The Bertz CT molecular complexity index is 890. The highest BCUT2D eigenvalue weighted by molar-refractivity contribution is 5.91. The Morgan fingerprint density at radius 2 is 1.82 bits per heavy atom. The number of benzene rings is 2. The van der Waals surface area contributed by atoms with E-state index in [1.165, 1.54) is 11.1 Å². The number of hydrogen-bond acceptors (Lipinski definition) is 4. The van der Waals surface area contributed by atoms with E-state index in [1.54, 1.807) is 0 Å². The average Bonchev–Trinajstić information content (AvgIpc) is 3.18. The molecule has 7 heteroatoms. The number of rotatable bonds is 7. The zero-order valence-corrected chi connectivity index (χ0v) is 16.9. The molecule has 1 aromatic heterocycles. The third kappa shape index (κ3) is 5.41. The van der Waals surface area contributed by atoms with Crippen molar-refractivity contribution in [2.75, 3.05) is 5.32 Å². The number of halogens is 1. The van der Waals surface area contributed by atoms with E-state index in [2.05, 4.69) is 58.6 Å². The van der Waals surface area contributed by atoms with Crippen LogP contribution < -0.4 is 11.1 Å². The van der Waals surface area contributed by atoms with Crippen LogP contribution in [0.3, 0.4) is 0 Å². The topological polar surface area (TPSA) is 96.7 Å². The maximum Gasteiger partial charge on any atom is 0.224 e. The van der Waals surface area contributed by atoms with E-state index in [1.807, 2.05) is 24.3 Å². The molecule has 1 unspecified atom stereocenters. The molecule has 148 valence electrons. The van der Waals surface area contributed by atoms with Gasteiger partial charge in [0.1, 0.15) is 5.82 Å². The van der Waals surface area contributed by atoms with Crippen LogP contribution >= 0.6 is 12.4 Å². The van der Waals surface area contributed by atoms with Crippen molar-refractivity contribution in [3.63, 3.8) is 0 Å². The Morgan fingerprint density at radius 3 is 2.39 bits per heavy atom. The van der Waals surface area contributed by atoms with Gasteiger partial charge in [0, 0.05) is 17.7 Å². The van der Waals surface area contributed by atoms with Gasteiger partial charge in [-0.1, -0.05) is 38.1 Å². The Labute approximate surface area is 171 Å². The van der Waals surface area contributed by atoms with Crippen LogP contribution in [0.4, 0.5) is 5.69 Å². The smallest absolute Gasteiger partial charge is 0.224 e. The second kappa shape index (κ2) is 10.0. The first-order chi connectivity index (χ1) is 13.1. The fourth-order valence-electron chi connectivity index (χ4n) is 2.91. The molecule has 0 saturated heterocycles. The number of carbonyl (C=O) groups is 1. The van der Waals surface area contributed by atoms with E-state index in [0.29, 0.717) is 24.6 Å². The number of anilines is 1. The quantitative estimate of drug-likeness (QED) is 0.558. The van der Waals surface area contributed by atoms with Crippen LogP contribution in [0.1, 0.15) is 43.1 Å². The normalized spacial score (nSPS) is 11.5. The SMILES string of the molecule is CCc1ccc(C(C)CC(=O)Nc2ccc(-c3n[nH]c(CN)n3)cc2)cc1.Cl. The molecular weight excluding hydrogens is 374 g/mol. The first kappa shape index (κ1) is 21.6. The number of aromatic nitrogens is 3. The first-order valence-corrected chi connectivity index (χ1v) is 9.19. The van der Waals surface area contributed by atoms with Crippen LogP contribution in [0, 0.1) is 0 Å². The number of carbonyl (C=O) groups excluding carboxylic acids is 1. The number of nitrogens with one attached hydrogen (secondary N) is 2. The minimum atomic E-state index is -0.00173. The van der Waals surface area contributed by atoms with Crippen LogP contribution in [0.5, 0.6) is 0 Å². The Morgan fingerprint density at radius 1 is 1.14 bits per heavy atom. The maximum atomic E-state index is 12.4. The molecule has 0 fully saturated rings. The van der Waals surface area contributed by atoms with Gasteiger partial charge >= 0.3 is 0 Å². The summed E-state index contributed by atoms with van der Waals surface area (Å²) in [5, 5.41) is 9.87. The fourth-order valence-corrected chi connectivity index (χ4v) is 2.91. The van der Waals surface area contributed by atoms with Gasteiger partial charge in [-0.05, 0) is 47.7 Å². The number of aryl methyl sites for hydroxylation is 1. The molecule has 0 aliphatic heterocycles. The van der Waals surface area contributed by atoms with Crippen molar-refractivity contribution in [2.24, 2.45) is 5.73 Å². The van der Waals surface area contributed by atoms with Crippen molar-refractivity contribution in [3.05, 3.63) is 65.5 Å². The van der Waals surface area contributed by atoms with Crippen LogP contribution in [-0.4, -0.2) is 21.1 Å². The lowest BCUT2D eigenvalue weighted by Crippen LogP contribution is -2.14. The summed E-state index contributed by atoms with van der Waals surface area (Å²) >= 11 is 0. The standard InChI is InChI=1S/C21H25N5O.ClH/c1-3-15-4-6-16(7-5-15)14(2)12-20(27)23-18-10-8-17(9-11-18)21-24-19(13-22)25-26-21;/h4-11,14H,3,12-13,22H2,1-2H3,(H,23,27)(H,24,25,26);1H. The molecule has 3 aromatic rings. The molecule has 0 bridgehead atoms. The van der Waals surface area contributed by atoms with E-state index in [-0.39, 0.29) is 24.2 Å². The van der Waals surface area contributed by atoms with Crippen LogP contribution in [0.15, 0.2) is 48.5 Å². The zero-order chi connectivity index (χ0) is 19.2. The number of amides is 1. The lowest BCUT2D eigenvalue weighted by atomic mass is 9.96. The first-order valence-electron chi connectivity index (χ1n) is 9.19. The maximum absolute atomic E-state index is 12.4. The van der Waals surface area contributed by atoms with Gasteiger partial charge in [-0.2, -0.15) is 5.10 Å². The Hall–Kier alpha value is -2.70. The Kier molecular flexibility index (Phi) is 7.72. The number of nitrogens with zero attached hydrogens (tertiary/aromatic N) is 2. The second-order valence-electron chi connectivity index (χ2n) is 6.64. The summed E-state index contributed by atoms with van der Waals surface area (Å²) in [6.45, 7) is 4.53. The lowest BCUT2D eigenvalue weighted by Gasteiger charge is -2.13. The minimum absolute atomic E-state index is 0. The number of aromatic amines is 1. The molecule has 1 atom stereocenters. The Balaban J connectivity index is 0.00000280. The van der Waals surface area contributed by atoms with Crippen LogP contribution in [-0.2, 0) is 17.8 Å². The van der Waals surface area contributed by atoms with Crippen molar-refractivity contribution in [1.82, 2.24) is 15.2 Å². The third-order valence-electron chi connectivity index (χ3n) is 4.60. The fraction of sp³-hybridized carbons (Fsp3) is 0.286. The molecule has 1 amide bonds. The van der Waals surface area contributed by atoms with Gasteiger partial charge in [-0.15, -0.1) is 12.4 Å². The summed E-state index contributed by atoms with van der Waals surface area (Å²) in [6, 6.07) is 15.9. The third-order valence-corrected chi connectivity index (χ3v) is 4.60. The molecule has 0 aliphatic carbocycles. The summed E-state index contributed by atoms with van der Waals surface area (Å²) in [5.41, 5.74) is 9.64. The molecule has 1 heterocycles. The van der Waals surface area contributed by atoms with Crippen LogP contribution in [0.2, 0.25) is 0 Å². The van der Waals surface area contributed by atoms with Gasteiger partial charge in [0.2, 0.25) is 5.91 Å². The molecule has 0 spiro atoms. The summed E-state index contributed by atoms with van der Waals surface area (Å²) in [7, 11) is 0. The average molecular weight is 400 g/mol. The van der Waals surface area contributed by atoms with Crippen molar-refractivity contribution >= 4 is 24.0 Å². The number of nitrogens with two attached hydrogens (primary N) is 1. The van der Waals surface area contributed by atoms with Gasteiger partial charge in [-0.3, -0.25) is 9.89 Å². The number of hydrogen-bond donors (Lipinski definition) is 3. The minimum Gasteiger partial charge on any atom is -0.326 e. The van der Waals surface area contributed by atoms with E-state index in [4.69, 9.17) is 5.73 Å². The van der Waals surface area contributed by atoms with Gasteiger partial charge in [-0.25, -0.2) is 4.98 Å². The van der Waals surface area contributed by atoms with Crippen molar-refractivity contribution < 1.29 is 4.79 Å². The predicted molar refractivity (Wildman–Crippen MR) is 114 cm³/mol. The van der Waals surface area contributed by atoms with Gasteiger partial charge in [0.05, 0.1) is 6.54 Å². The monoisotopic (exact) mass is 399 g/mol. The molecule has 0 saturated carbocycles. The molecule has 4 N–H and O–H groups in total. The molecular formula is C21H26ClN5O. The summed E-state index contributed by atoms with van der Waals surface area (Å²) in [6.07, 6.45) is 1.46. The summed E-state index contributed by atoms with van der Waals surface area (Å²) in [5.74, 6) is 1.40. The van der Waals surface area contributed by atoms with Gasteiger partial charge in [0.25, 0.3) is 0 Å². The largest absolute Gasteiger partial charge is 0.326 e. The van der Waals surface area contributed by atoms with E-state index < -0.39 is 0 Å². The number of H-pyrrole nitrogens is 1. The van der Waals surface area contributed by atoms with Gasteiger partial charge < -0.3 is 11.1 Å². The summed E-state index contributed by atoms with van der Waals surface area (Å²) in [4.78, 5) is 16.7. The molecule has 3 rings (SSSR count). The zero-order valence-electron chi connectivity index (χ0n) is 16.1. The summed E-state index contributed by atoms with van der Waals surface area (Å²) < 4.78 is 0. The van der Waals surface area contributed by atoms with Crippen molar-refractivity contribution in [1.29, 1.82) is 0 Å². The van der Waals surface area contributed by atoms with Gasteiger partial charge in [0.15, 0.2) is 5.82 Å². The predicted octanol–water partition coefficient (Wildman–Crippen LogP) is 4.05. The lowest BCUT2D eigenvalue weighted by molar-refractivity contribution is -0.116. The van der Waals surface area contributed by atoms with Crippen molar-refractivity contribution in [3.8, 4) is 11.4 Å².